The summed E-state index contributed by atoms with van der Waals surface area (Å²) in [5, 5.41) is 0. The molecule has 3 aromatic rings. The number of hydrogen-bond donors (Lipinski definition) is 1. The zero-order chi connectivity index (χ0) is 14.7. The van der Waals surface area contributed by atoms with Gasteiger partial charge in [-0.05, 0) is 41.7 Å². The van der Waals surface area contributed by atoms with Crippen molar-refractivity contribution in [2.75, 3.05) is 5.73 Å². The molecule has 0 saturated heterocycles. The first-order valence-electron chi connectivity index (χ1n) is 7.23. The van der Waals surface area contributed by atoms with Gasteiger partial charge in [-0.25, -0.2) is 0 Å². The summed E-state index contributed by atoms with van der Waals surface area (Å²) in [5.74, 6) is 0. The summed E-state index contributed by atoms with van der Waals surface area (Å²) in [6.07, 6.45) is 0.928. The van der Waals surface area contributed by atoms with E-state index in [0.29, 0.717) is 0 Å². The minimum absolute atomic E-state index is 0.828. The normalized spacial score (nSPS) is 10.5. The molecule has 0 aliphatic rings. The van der Waals surface area contributed by atoms with Gasteiger partial charge in [0, 0.05) is 11.3 Å². The molecule has 0 radical (unpaired) electrons. The topological polar surface area (TPSA) is 26.0 Å². The summed E-state index contributed by atoms with van der Waals surface area (Å²) >= 11 is 0. The van der Waals surface area contributed by atoms with Crippen LogP contribution in [0.2, 0.25) is 0 Å². The molecule has 104 valence electrons. The fourth-order valence-corrected chi connectivity index (χ4v) is 2.69. The molecule has 0 aliphatic carbocycles. The van der Waals surface area contributed by atoms with E-state index in [1.54, 1.807) is 0 Å². The van der Waals surface area contributed by atoms with Gasteiger partial charge in [0.1, 0.15) is 0 Å². The Balaban J connectivity index is 2.05. The van der Waals surface area contributed by atoms with Crippen molar-refractivity contribution in [1.82, 2.24) is 0 Å². The van der Waals surface area contributed by atoms with Crippen molar-refractivity contribution >= 4 is 5.69 Å². The first kappa shape index (κ1) is 13.4. The van der Waals surface area contributed by atoms with Crippen molar-refractivity contribution in [3.63, 3.8) is 0 Å². The monoisotopic (exact) mass is 273 g/mol. The smallest absolute Gasteiger partial charge is 0.0393 e. The zero-order valence-corrected chi connectivity index (χ0v) is 12.2. The van der Waals surface area contributed by atoms with Gasteiger partial charge in [-0.15, -0.1) is 0 Å². The second-order valence-electron chi connectivity index (χ2n) is 5.35. The van der Waals surface area contributed by atoms with E-state index in [0.717, 1.165) is 17.7 Å². The number of rotatable bonds is 3. The molecular weight excluding hydrogens is 254 g/mol. The Morgan fingerprint density at radius 3 is 1.95 bits per heavy atom. The zero-order valence-electron chi connectivity index (χ0n) is 12.2. The summed E-state index contributed by atoms with van der Waals surface area (Å²) in [6.45, 7) is 2.16. The maximum absolute atomic E-state index is 6.14. The van der Waals surface area contributed by atoms with Crippen LogP contribution in [0.25, 0.3) is 11.1 Å². The molecule has 1 heteroatoms. The molecule has 0 spiro atoms. The second kappa shape index (κ2) is 5.84. The average Bonchev–Trinajstić information content (AvgIpc) is 2.51. The lowest BCUT2D eigenvalue weighted by molar-refractivity contribution is 1.16. The van der Waals surface area contributed by atoms with Crippen molar-refractivity contribution in [3.8, 4) is 11.1 Å². The van der Waals surface area contributed by atoms with Crippen LogP contribution in [0.5, 0.6) is 0 Å². The van der Waals surface area contributed by atoms with Crippen LogP contribution in [0, 0.1) is 6.92 Å². The van der Waals surface area contributed by atoms with Crippen molar-refractivity contribution in [3.05, 3.63) is 89.5 Å². The Kier molecular flexibility index (Phi) is 3.74. The van der Waals surface area contributed by atoms with E-state index in [2.05, 4.69) is 61.5 Å². The summed E-state index contributed by atoms with van der Waals surface area (Å²) < 4.78 is 0. The highest BCUT2D eigenvalue weighted by molar-refractivity contribution is 5.78. The van der Waals surface area contributed by atoms with Crippen LogP contribution in [0.15, 0.2) is 72.8 Å². The summed E-state index contributed by atoms with van der Waals surface area (Å²) in [6, 6.07) is 25.1. The predicted molar refractivity (Wildman–Crippen MR) is 90.3 cm³/mol. The Morgan fingerprint density at radius 1 is 0.667 bits per heavy atom. The van der Waals surface area contributed by atoms with Crippen molar-refractivity contribution in [1.29, 1.82) is 0 Å². The Bertz CT molecular complexity index is 759. The first-order valence-corrected chi connectivity index (χ1v) is 7.23. The number of benzene rings is 3. The molecule has 2 N–H and O–H groups in total. The minimum Gasteiger partial charge on any atom is -0.398 e. The number of aryl methyl sites for hydroxylation is 1. The summed E-state index contributed by atoms with van der Waals surface area (Å²) in [5.41, 5.74) is 13.3. The third-order valence-corrected chi connectivity index (χ3v) is 3.91. The van der Waals surface area contributed by atoms with Crippen LogP contribution in [-0.4, -0.2) is 0 Å². The van der Waals surface area contributed by atoms with E-state index in [-0.39, 0.29) is 0 Å². The highest BCUT2D eigenvalue weighted by Gasteiger charge is 2.08. The van der Waals surface area contributed by atoms with Gasteiger partial charge in [0.05, 0.1) is 0 Å². The van der Waals surface area contributed by atoms with Crippen molar-refractivity contribution < 1.29 is 0 Å². The van der Waals surface area contributed by atoms with Crippen molar-refractivity contribution in [2.24, 2.45) is 0 Å². The molecule has 0 unspecified atom stereocenters. The first-order chi connectivity index (χ1) is 10.3. The SMILES string of the molecule is Cc1ccccc1Cc1ccccc1-c1ccccc1N. The molecule has 1 nitrogen and oxygen atoms in total. The largest absolute Gasteiger partial charge is 0.398 e. The van der Waals surface area contributed by atoms with Gasteiger partial charge < -0.3 is 5.73 Å². The lowest BCUT2D eigenvalue weighted by atomic mass is 9.93. The van der Waals surface area contributed by atoms with Crippen LogP contribution in [0.1, 0.15) is 16.7 Å². The molecule has 0 fully saturated rings. The molecule has 0 aromatic heterocycles. The van der Waals surface area contributed by atoms with Gasteiger partial charge in [-0.1, -0.05) is 66.7 Å². The van der Waals surface area contributed by atoms with Crippen LogP contribution >= 0.6 is 0 Å². The Labute approximate surface area is 126 Å². The number of anilines is 1. The van der Waals surface area contributed by atoms with E-state index in [9.17, 15) is 0 Å². The third kappa shape index (κ3) is 2.82. The maximum atomic E-state index is 6.14. The highest BCUT2D eigenvalue weighted by atomic mass is 14.6. The standard InChI is InChI=1S/C20H19N/c1-15-8-2-3-9-16(15)14-17-10-4-5-11-18(17)19-12-6-7-13-20(19)21/h2-13H,14,21H2,1H3. The number of hydrogen-bond acceptors (Lipinski definition) is 1. The molecule has 0 heterocycles. The van der Waals surface area contributed by atoms with Gasteiger partial charge >= 0.3 is 0 Å². The van der Waals surface area contributed by atoms with Crippen molar-refractivity contribution in [2.45, 2.75) is 13.3 Å². The Hall–Kier alpha value is -2.54. The highest BCUT2D eigenvalue weighted by Crippen LogP contribution is 2.30. The molecule has 0 amide bonds. The van der Waals surface area contributed by atoms with E-state index in [4.69, 9.17) is 5.73 Å². The Morgan fingerprint density at radius 2 is 1.24 bits per heavy atom. The van der Waals surface area contributed by atoms with Crippen LogP contribution in [-0.2, 0) is 6.42 Å². The molecule has 3 aromatic carbocycles. The van der Waals surface area contributed by atoms with Crippen LogP contribution in [0.3, 0.4) is 0 Å². The number of nitrogen functional groups attached to an aromatic ring is 1. The lowest BCUT2D eigenvalue weighted by Gasteiger charge is -2.13. The molecule has 0 bridgehead atoms. The van der Waals surface area contributed by atoms with E-state index in [1.165, 1.54) is 22.3 Å². The minimum atomic E-state index is 0.828. The molecule has 0 aliphatic heterocycles. The second-order valence-corrected chi connectivity index (χ2v) is 5.35. The predicted octanol–water partition coefficient (Wildman–Crippen LogP) is 4.84. The average molecular weight is 273 g/mol. The van der Waals surface area contributed by atoms with Crippen LogP contribution < -0.4 is 5.73 Å². The molecule has 21 heavy (non-hydrogen) atoms. The quantitative estimate of drug-likeness (QED) is 0.679. The maximum Gasteiger partial charge on any atom is 0.0393 e. The van der Waals surface area contributed by atoms with Crippen LogP contribution in [0.4, 0.5) is 5.69 Å². The third-order valence-electron chi connectivity index (χ3n) is 3.91. The number of nitrogens with two attached hydrogens (primary N) is 1. The molecule has 3 rings (SSSR count). The lowest BCUT2D eigenvalue weighted by Crippen LogP contribution is -1.96. The van der Waals surface area contributed by atoms with Gasteiger partial charge in [-0.3, -0.25) is 0 Å². The van der Waals surface area contributed by atoms with E-state index >= 15 is 0 Å². The summed E-state index contributed by atoms with van der Waals surface area (Å²) in [4.78, 5) is 0. The van der Waals surface area contributed by atoms with E-state index in [1.807, 2.05) is 18.2 Å². The van der Waals surface area contributed by atoms with E-state index < -0.39 is 0 Å². The van der Waals surface area contributed by atoms with Gasteiger partial charge in [0.15, 0.2) is 0 Å². The van der Waals surface area contributed by atoms with Gasteiger partial charge in [-0.2, -0.15) is 0 Å². The molecule has 0 saturated carbocycles. The van der Waals surface area contributed by atoms with Gasteiger partial charge in [0.2, 0.25) is 0 Å². The molecular formula is C20H19N. The fourth-order valence-electron chi connectivity index (χ4n) is 2.69. The molecule has 0 atom stereocenters. The summed E-state index contributed by atoms with van der Waals surface area (Å²) in [7, 11) is 0. The number of para-hydroxylation sites is 1. The van der Waals surface area contributed by atoms with Gasteiger partial charge in [0.25, 0.3) is 0 Å². The fraction of sp³-hybridized carbons (Fsp3) is 0.100.